The molecule has 0 saturated carbocycles. The van der Waals surface area contributed by atoms with Crippen LogP contribution < -0.4 is 14.2 Å². The number of ether oxygens (including phenoxy) is 3. The van der Waals surface area contributed by atoms with Gasteiger partial charge in [0.25, 0.3) is 0 Å². The van der Waals surface area contributed by atoms with Crippen molar-refractivity contribution in [1.29, 1.82) is 0 Å². The lowest BCUT2D eigenvalue weighted by molar-refractivity contribution is 0.222. The lowest BCUT2D eigenvalue weighted by atomic mass is 10.0. The van der Waals surface area contributed by atoms with Gasteiger partial charge in [-0.15, -0.1) is 0 Å². The van der Waals surface area contributed by atoms with Crippen molar-refractivity contribution in [3.63, 3.8) is 0 Å². The van der Waals surface area contributed by atoms with Crippen molar-refractivity contribution in [2.24, 2.45) is 0 Å². The molecule has 5 heteroatoms. The van der Waals surface area contributed by atoms with Gasteiger partial charge in [-0.3, -0.25) is 0 Å². The lowest BCUT2D eigenvalue weighted by Crippen LogP contribution is -2.09. The average Bonchev–Trinajstić information content (AvgIpc) is 2.98. The number of hydrogen-bond donors (Lipinski definition) is 2. The van der Waals surface area contributed by atoms with E-state index in [2.05, 4.69) is 27.7 Å². The van der Waals surface area contributed by atoms with Crippen molar-refractivity contribution in [1.82, 2.24) is 0 Å². The summed E-state index contributed by atoms with van der Waals surface area (Å²) in [4.78, 5) is 0. The van der Waals surface area contributed by atoms with E-state index in [1.807, 2.05) is 0 Å². The van der Waals surface area contributed by atoms with Crippen molar-refractivity contribution in [3.8, 4) is 28.7 Å². The molecular weight excluding hydrogens is 512 g/mol. The topological polar surface area (TPSA) is 68.2 Å². The van der Waals surface area contributed by atoms with E-state index in [1.54, 1.807) is 0 Å². The average molecular weight is 579 g/mol. The Morgan fingerprint density at radius 3 is 1.15 bits per heavy atom. The predicted molar refractivity (Wildman–Crippen MR) is 174 cm³/mol. The molecule has 0 aromatic heterocycles. The van der Waals surface area contributed by atoms with E-state index in [0.29, 0.717) is 43.3 Å². The number of benzene rings is 1. The largest absolute Gasteiger partial charge is 0.504 e. The summed E-state index contributed by atoms with van der Waals surface area (Å²) in [5, 5.41) is 22.4. The number of phenols is 2. The Kier molecular flexibility index (Phi) is 23.5. The zero-order chi connectivity index (χ0) is 30.0. The van der Waals surface area contributed by atoms with E-state index in [0.717, 1.165) is 51.4 Å². The molecule has 240 valence electrons. The molecule has 0 aliphatic rings. The Morgan fingerprint density at radius 2 is 0.707 bits per heavy atom. The summed E-state index contributed by atoms with van der Waals surface area (Å²) < 4.78 is 18.9. The molecule has 2 N–H and O–H groups in total. The van der Waals surface area contributed by atoms with E-state index >= 15 is 0 Å². The van der Waals surface area contributed by atoms with Crippen LogP contribution in [0.1, 0.15) is 175 Å². The van der Waals surface area contributed by atoms with Gasteiger partial charge in [-0.2, -0.15) is 0 Å². The first kappa shape index (κ1) is 37.2. The van der Waals surface area contributed by atoms with Crippen molar-refractivity contribution in [2.45, 2.75) is 175 Å². The van der Waals surface area contributed by atoms with Crippen molar-refractivity contribution in [2.75, 3.05) is 19.8 Å². The van der Waals surface area contributed by atoms with Gasteiger partial charge in [0, 0.05) is 5.56 Å². The molecule has 1 aromatic rings. The second-order valence-corrected chi connectivity index (χ2v) is 11.8. The molecule has 0 atom stereocenters. The molecule has 1 rings (SSSR count). The number of aromatic hydroxyl groups is 2. The molecule has 1 aromatic carbocycles. The molecule has 0 bridgehead atoms. The number of phenolic OH excluding ortho intramolecular Hbond substituents is 2. The van der Waals surface area contributed by atoms with Gasteiger partial charge in [0.1, 0.15) is 0 Å². The Bertz CT molecular complexity index is 748. The van der Waals surface area contributed by atoms with Crippen LogP contribution in [-0.4, -0.2) is 30.0 Å². The molecule has 0 saturated heterocycles. The molecule has 0 amide bonds. The van der Waals surface area contributed by atoms with Gasteiger partial charge in [-0.1, -0.05) is 143 Å². The third kappa shape index (κ3) is 16.4. The van der Waals surface area contributed by atoms with E-state index in [4.69, 9.17) is 14.2 Å². The maximum Gasteiger partial charge on any atom is 0.211 e. The summed E-state index contributed by atoms with van der Waals surface area (Å²) >= 11 is 0. The Balaban J connectivity index is 3.12. The van der Waals surface area contributed by atoms with Crippen molar-refractivity contribution in [3.05, 3.63) is 5.56 Å². The highest BCUT2D eigenvalue weighted by Gasteiger charge is 2.27. The van der Waals surface area contributed by atoms with Crippen LogP contribution in [0.15, 0.2) is 0 Å². The molecular formula is C36H66O5. The number of unbranched alkanes of at least 4 members (excludes halogenated alkanes) is 18. The molecule has 0 spiro atoms. The van der Waals surface area contributed by atoms with E-state index in [9.17, 15) is 10.2 Å². The van der Waals surface area contributed by atoms with Crippen LogP contribution in [0.2, 0.25) is 0 Å². The summed E-state index contributed by atoms with van der Waals surface area (Å²) in [6.45, 7) is 10.5. The highest BCUT2D eigenvalue weighted by atomic mass is 16.5. The Labute approximate surface area is 253 Å². The van der Waals surface area contributed by atoms with Crippen LogP contribution in [0.5, 0.6) is 28.7 Å². The second-order valence-electron chi connectivity index (χ2n) is 11.8. The molecule has 0 fully saturated rings. The van der Waals surface area contributed by atoms with Crippen LogP contribution in [0.4, 0.5) is 0 Å². The fourth-order valence-electron chi connectivity index (χ4n) is 5.25. The first-order valence-corrected chi connectivity index (χ1v) is 17.6. The van der Waals surface area contributed by atoms with Crippen LogP contribution in [0, 0.1) is 0 Å². The highest BCUT2D eigenvalue weighted by Crippen LogP contribution is 2.53. The highest BCUT2D eigenvalue weighted by molar-refractivity contribution is 5.69. The molecule has 0 unspecified atom stereocenters. The molecule has 0 heterocycles. The normalized spacial score (nSPS) is 11.2. The van der Waals surface area contributed by atoms with Gasteiger partial charge in [0.05, 0.1) is 19.8 Å². The minimum absolute atomic E-state index is 0.103. The van der Waals surface area contributed by atoms with Gasteiger partial charge >= 0.3 is 0 Å². The smallest absolute Gasteiger partial charge is 0.211 e. The first-order valence-electron chi connectivity index (χ1n) is 17.6. The van der Waals surface area contributed by atoms with Gasteiger partial charge in [-0.05, 0) is 32.1 Å². The fourth-order valence-corrected chi connectivity index (χ4v) is 5.25. The standard InChI is InChI=1S/C36H66O5/c1-5-9-13-17-18-19-23-27-31-32(37)33(38)35(40-29-25-21-15-11-7-3)36(41-30-26-22-16-12-8-4)34(31)39-28-24-20-14-10-6-2/h37-38H,5-30H2,1-4H3. The Morgan fingerprint density at radius 1 is 0.366 bits per heavy atom. The van der Waals surface area contributed by atoms with Crippen LogP contribution in [-0.2, 0) is 6.42 Å². The van der Waals surface area contributed by atoms with Gasteiger partial charge in [-0.25, -0.2) is 0 Å². The maximum atomic E-state index is 11.2. The first-order chi connectivity index (χ1) is 20.1. The molecule has 0 aliphatic heterocycles. The fraction of sp³-hybridized carbons (Fsp3) is 0.833. The van der Waals surface area contributed by atoms with Crippen LogP contribution in [0.25, 0.3) is 0 Å². The third-order valence-electron chi connectivity index (χ3n) is 7.92. The maximum absolute atomic E-state index is 11.2. The molecule has 0 radical (unpaired) electrons. The van der Waals surface area contributed by atoms with Gasteiger partial charge in [0.15, 0.2) is 11.5 Å². The minimum atomic E-state index is -0.201. The third-order valence-corrected chi connectivity index (χ3v) is 7.92. The quantitative estimate of drug-likeness (QED) is 0.0731. The van der Waals surface area contributed by atoms with Gasteiger partial charge < -0.3 is 24.4 Å². The van der Waals surface area contributed by atoms with Crippen LogP contribution >= 0.6 is 0 Å². The predicted octanol–water partition coefficient (Wildman–Crippen LogP) is 11.4. The van der Waals surface area contributed by atoms with Crippen molar-refractivity contribution >= 4 is 0 Å². The summed E-state index contributed by atoms with van der Waals surface area (Å²) in [7, 11) is 0. The van der Waals surface area contributed by atoms with Crippen LogP contribution in [0.3, 0.4) is 0 Å². The van der Waals surface area contributed by atoms with E-state index in [1.165, 1.54) is 89.9 Å². The van der Waals surface area contributed by atoms with E-state index in [-0.39, 0.29) is 17.2 Å². The number of rotatable bonds is 29. The Hall–Kier alpha value is -1.78. The summed E-state index contributed by atoms with van der Waals surface area (Å²) in [6, 6.07) is 0. The summed E-state index contributed by atoms with van der Waals surface area (Å²) in [5.41, 5.74) is 0.667. The monoisotopic (exact) mass is 578 g/mol. The van der Waals surface area contributed by atoms with E-state index < -0.39 is 0 Å². The van der Waals surface area contributed by atoms with Gasteiger partial charge in [0.2, 0.25) is 17.2 Å². The summed E-state index contributed by atoms with van der Waals surface area (Å²) in [6.07, 6.45) is 26.0. The summed E-state index contributed by atoms with van der Waals surface area (Å²) in [5.74, 6) is 1.00. The SMILES string of the molecule is CCCCCCCCCc1c(O)c(O)c(OCCCCCCC)c(OCCCCCCC)c1OCCCCCCC. The molecule has 41 heavy (non-hydrogen) atoms. The minimum Gasteiger partial charge on any atom is -0.504 e. The van der Waals surface area contributed by atoms with Crippen molar-refractivity contribution < 1.29 is 24.4 Å². The second kappa shape index (κ2) is 25.9. The lowest BCUT2D eigenvalue weighted by Gasteiger charge is -2.22. The zero-order valence-corrected chi connectivity index (χ0v) is 27.5. The molecule has 5 nitrogen and oxygen atoms in total. The molecule has 0 aliphatic carbocycles. The zero-order valence-electron chi connectivity index (χ0n) is 27.5. The number of hydrogen-bond acceptors (Lipinski definition) is 5.